The molecule has 0 saturated heterocycles. The number of allylic oxidation sites excluding steroid dienone is 2. The van der Waals surface area contributed by atoms with Crippen molar-refractivity contribution in [2.24, 2.45) is 0 Å². The van der Waals surface area contributed by atoms with E-state index < -0.39 is 6.04 Å². The molecule has 1 amide bonds. The van der Waals surface area contributed by atoms with E-state index in [0.717, 1.165) is 40.0 Å². The molecule has 1 aromatic carbocycles. The molecular formula is C36H36N8O3. The summed E-state index contributed by atoms with van der Waals surface area (Å²) in [6.07, 6.45) is 10.7. The predicted octanol–water partition coefficient (Wildman–Crippen LogP) is 5.43. The van der Waals surface area contributed by atoms with Gasteiger partial charge in [0.05, 0.1) is 36.7 Å². The molecule has 0 spiro atoms. The summed E-state index contributed by atoms with van der Waals surface area (Å²) in [6, 6.07) is 14.2. The minimum atomic E-state index is -0.640. The Morgan fingerprint density at radius 2 is 1.94 bits per heavy atom. The average molecular weight is 629 g/mol. The molecule has 238 valence electrons. The summed E-state index contributed by atoms with van der Waals surface area (Å²) in [7, 11) is 1.78. The molecule has 0 radical (unpaired) electrons. The summed E-state index contributed by atoms with van der Waals surface area (Å²) in [5, 5.41) is 10.8. The Hall–Kier alpha value is -5.97. The fourth-order valence-corrected chi connectivity index (χ4v) is 5.76. The van der Waals surface area contributed by atoms with E-state index >= 15 is 0 Å². The van der Waals surface area contributed by atoms with Crippen LogP contribution < -0.4 is 16.0 Å². The minimum absolute atomic E-state index is 0.236. The standard InChI is InChI=1S/C36H36N8O3/c1-23(37-4)12-13-29(21-45)44-25(3)33-30(36(44)46)10-5-11-31(33)40-18-28-20-43(22-41-28)19-24(2)42-34(27-9-6-14-38-17-27)32-16-26-8-7-15-39-35(26)47-32/h5-11,14-17,20-22,29,34,37,40,42H,1-3,12-13,18-19H2,4H3. The van der Waals surface area contributed by atoms with Crippen molar-refractivity contribution in [3.8, 4) is 0 Å². The predicted molar refractivity (Wildman–Crippen MR) is 181 cm³/mol. The number of pyridine rings is 2. The molecule has 1 aliphatic rings. The van der Waals surface area contributed by atoms with E-state index in [1.807, 2.05) is 53.2 Å². The van der Waals surface area contributed by atoms with Crippen LogP contribution in [0.25, 0.3) is 16.8 Å². The lowest BCUT2D eigenvalue weighted by Crippen LogP contribution is -2.36. The summed E-state index contributed by atoms with van der Waals surface area (Å²) >= 11 is 0. The number of carbonyl (C=O) groups is 2. The molecule has 2 atom stereocenters. The van der Waals surface area contributed by atoms with Crippen molar-refractivity contribution < 1.29 is 14.0 Å². The van der Waals surface area contributed by atoms with Gasteiger partial charge in [-0.2, -0.15) is 0 Å². The molecule has 6 rings (SSSR count). The Bertz CT molecular complexity index is 1930. The third-order valence-electron chi connectivity index (χ3n) is 8.16. The number of carbonyl (C=O) groups excluding carboxylic acids is 2. The molecular weight excluding hydrogens is 592 g/mol. The maximum atomic E-state index is 13.4. The van der Waals surface area contributed by atoms with Gasteiger partial charge in [-0.3, -0.25) is 14.7 Å². The number of nitrogens with zero attached hydrogens (tertiary/aromatic N) is 5. The highest BCUT2D eigenvalue weighted by atomic mass is 16.3. The zero-order valence-corrected chi connectivity index (χ0v) is 26.1. The number of aromatic nitrogens is 4. The average Bonchev–Trinajstić information content (AvgIpc) is 3.80. The first-order valence-corrected chi connectivity index (χ1v) is 15.3. The van der Waals surface area contributed by atoms with Crippen LogP contribution in [0.15, 0.2) is 115 Å². The van der Waals surface area contributed by atoms with Crippen LogP contribution in [0, 0.1) is 0 Å². The van der Waals surface area contributed by atoms with Crippen LogP contribution in [-0.4, -0.2) is 49.7 Å². The van der Waals surface area contributed by atoms with Crippen LogP contribution >= 0.6 is 0 Å². The van der Waals surface area contributed by atoms with E-state index in [0.29, 0.717) is 54.2 Å². The molecule has 1 aliphatic heterocycles. The van der Waals surface area contributed by atoms with Crippen LogP contribution in [0.1, 0.15) is 51.8 Å². The molecule has 47 heavy (non-hydrogen) atoms. The number of rotatable bonds is 15. The molecule has 0 saturated carbocycles. The molecule has 0 aliphatic carbocycles. The molecule has 0 fully saturated rings. The van der Waals surface area contributed by atoms with Crippen LogP contribution in [-0.2, 0) is 17.9 Å². The SMILES string of the molecule is C=C(CCC(C=O)N1C(=C)c2c(NCc3cn(CC(=C)NC(c4cccnc4)c4cc5cccnc5o4)cn3)cccc2C1=O)NC. The van der Waals surface area contributed by atoms with Crippen molar-refractivity contribution in [1.29, 1.82) is 0 Å². The number of anilines is 1. The molecule has 4 aromatic heterocycles. The number of furan rings is 1. The lowest BCUT2D eigenvalue weighted by atomic mass is 10.1. The zero-order valence-electron chi connectivity index (χ0n) is 26.1. The number of nitrogens with one attached hydrogen (secondary N) is 3. The first-order chi connectivity index (χ1) is 22.9. The highest BCUT2D eigenvalue weighted by molar-refractivity contribution is 6.12. The van der Waals surface area contributed by atoms with Crippen molar-refractivity contribution in [3.63, 3.8) is 0 Å². The Kier molecular flexibility index (Phi) is 8.96. The number of fused-ring (bicyclic) bond motifs is 2. The van der Waals surface area contributed by atoms with Gasteiger partial charge in [-0.1, -0.05) is 31.9 Å². The number of benzene rings is 1. The lowest BCUT2D eigenvalue weighted by molar-refractivity contribution is -0.111. The minimum Gasteiger partial charge on any atom is -0.440 e. The Labute approximate surface area is 272 Å². The van der Waals surface area contributed by atoms with E-state index in [4.69, 9.17) is 4.42 Å². The number of hydrogen-bond acceptors (Lipinski definition) is 9. The number of amides is 1. The van der Waals surface area contributed by atoms with Crippen molar-refractivity contribution in [2.75, 3.05) is 12.4 Å². The highest BCUT2D eigenvalue weighted by Gasteiger charge is 2.37. The van der Waals surface area contributed by atoms with Gasteiger partial charge in [-0.15, -0.1) is 0 Å². The zero-order chi connectivity index (χ0) is 32.9. The Balaban J connectivity index is 1.12. The van der Waals surface area contributed by atoms with Crippen LogP contribution in [0.5, 0.6) is 0 Å². The molecule has 2 unspecified atom stereocenters. The van der Waals surface area contributed by atoms with Crippen LogP contribution in [0.3, 0.4) is 0 Å². The van der Waals surface area contributed by atoms with Crippen LogP contribution in [0.4, 0.5) is 5.69 Å². The molecule has 5 aromatic rings. The third-order valence-corrected chi connectivity index (χ3v) is 8.16. The second-order valence-corrected chi connectivity index (χ2v) is 11.4. The number of aldehydes is 1. The molecule has 5 heterocycles. The van der Waals surface area contributed by atoms with E-state index in [1.54, 1.807) is 38.0 Å². The van der Waals surface area contributed by atoms with Gasteiger partial charge in [0.25, 0.3) is 5.91 Å². The van der Waals surface area contributed by atoms with Gasteiger partial charge in [-0.05, 0) is 49.2 Å². The van der Waals surface area contributed by atoms with Gasteiger partial charge in [-0.25, -0.2) is 9.97 Å². The monoisotopic (exact) mass is 628 g/mol. The molecule has 11 nitrogen and oxygen atoms in total. The van der Waals surface area contributed by atoms with Gasteiger partial charge < -0.3 is 29.7 Å². The maximum Gasteiger partial charge on any atom is 0.259 e. The summed E-state index contributed by atoms with van der Waals surface area (Å²) in [5.74, 6) is 0.472. The smallest absolute Gasteiger partial charge is 0.259 e. The Morgan fingerprint density at radius 3 is 2.70 bits per heavy atom. The number of hydrogen-bond donors (Lipinski definition) is 3. The van der Waals surface area contributed by atoms with Crippen LogP contribution in [0.2, 0.25) is 0 Å². The van der Waals surface area contributed by atoms with Gasteiger partial charge in [0.1, 0.15) is 18.1 Å². The maximum absolute atomic E-state index is 13.4. The van der Waals surface area contributed by atoms with Gasteiger partial charge >= 0.3 is 0 Å². The van der Waals surface area contributed by atoms with Crippen molar-refractivity contribution in [1.82, 2.24) is 35.1 Å². The quantitative estimate of drug-likeness (QED) is 0.130. The normalized spacial score (nSPS) is 13.7. The summed E-state index contributed by atoms with van der Waals surface area (Å²) in [6.45, 7) is 13.3. The van der Waals surface area contributed by atoms with E-state index in [2.05, 4.69) is 50.6 Å². The Morgan fingerprint density at radius 1 is 1.09 bits per heavy atom. The van der Waals surface area contributed by atoms with E-state index in [9.17, 15) is 9.59 Å². The van der Waals surface area contributed by atoms with Crippen molar-refractivity contribution in [2.45, 2.75) is 38.0 Å². The fraction of sp³-hybridized carbons (Fsp3) is 0.194. The van der Waals surface area contributed by atoms with Gasteiger partial charge in [0.2, 0.25) is 5.71 Å². The largest absolute Gasteiger partial charge is 0.440 e. The van der Waals surface area contributed by atoms with E-state index in [-0.39, 0.29) is 11.9 Å². The first kappa shape index (κ1) is 31.0. The molecule has 0 bridgehead atoms. The first-order valence-electron chi connectivity index (χ1n) is 15.3. The fourth-order valence-electron chi connectivity index (χ4n) is 5.76. The molecule has 3 N–H and O–H groups in total. The number of imidazole rings is 1. The van der Waals surface area contributed by atoms with Crippen molar-refractivity contribution >= 4 is 34.7 Å². The highest BCUT2D eigenvalue weighted by Crippen LogP contribution is 2.39. The summed E-state index contributed by atoms with van der Waals surface area (Å²) < 4.78 is 8.03. The second-order valence-electron chi connectivity index (χ2n) is 11.4. The lowest BCUT2D eigenvalue weighted by Gasteiger charge is -2.25. The van der Waals surface area contributed by atoms with Gasteiger partial charge in [0.15, 0.2) is 0 Å². The summed E-state index contributed by atoms with van der Waals surface area (Å²) in [4.78, 5) is 40.1. The van der Waals surface area contributed by atoms with Crippen molar-refractivity contribution in [3.05, 3.63) is 139 Å². The van der Waals surface area contributed by atoms with E-state index in [1.165, 1.54) is 4.90 Å². The van der Waals surface area contributed by atoms with Gasteiger partial charge in [0, 0.05) is 71.1 Å². The third kappa shape index (κ3) is 6.55. The summed E-state index contributed by atoms with van der Waals surface area (Å²) in [5.41, 5.74) is 6.29. The molecule has 11 heteroatoms. The second kappa shape index (κ2) is 13.6. The topological polar surface area (TPSA) is 130 Å².